The van der Waals surface area contributed by atoms with Gasteiger partial charge in [-0.05, 0) is 12.1 Å². The van der Waals surface area contributed by atoms with E-state index in [1.165, 1.54) is 0 Å². The average Bonchev–Trinajstić information content (AvgIpc) is 1.91. The summed E-state index contributed by atoms with van der Waals surface area (Å²) in [5.41, 5.74) is 0. The van der Waals surface area contributed by atoms with Gasteiger partial charge >= 0.3 is 49.6 Å². The minimum atomic E-state index is 0.322. The molecule has 0 aliphatic heterocycles. The van der Waals surface area contributed by atoms with Gasteiger partial charge < -0.3 is 5.11 Å². The van der Waals surface area contributed by atoms with Crippen molar-refractivity contribution < 1.29 is 15.2 Å². The first kappa shape index (κ1) is 11.1. The van der Waals surface area contributed by atoms with Crippen LogP contribution in [-0.2, 0) is 10.1 Å². The monoisotopic (exact) mass is 450 g/mol. The molecule has 0 heterocycles. The normalized spacial score (nSPS) is 8.20. The van der Waals surface area contributed by atoms with Gasteiger partial charge in [-0.3, -0.25) is 0 Å². The first-order chi connectivity index (χ1) is 4.81. The zero-order valence-corrected chi connectivity index (χ0v) is 11.0. The fraction of sp³-hybridized carbons (Fsp3) is 0. The van der Waals surface area contributed by atoms with Crippen LogP contribution in [0.4, 0.5) is 0 Å². The zero-order chi connectivity index (χ0) is 7.82. The molecule has 1 aromatic carbocycles. The number of phenols is 1. The van der Waals surface area contributed by atoms with Crippen LogP contribution in [0.15, 0.2) is 30.3 Å². The van der Waals surface area contributed by atoms with Crippen molar-refractivity contribution in [1.82, 2.24) is 0 Å². The maximum absolute atomic E-state index is 8.63. The Labute approximate surface area is 89.6 Å². The number of rotatable bonds is 0. The van der Waals surface area contributed by atoms with E-state index in [2.05, 4.69) is 39.5 Å². The Hall–Kier alpha value is 1.10. The predicted octanol–water partition coefficient (Wildman–Crippen LogP) is 3.16. The van der Waals surface area contributed by atoms with Crippen LogP contribution in [0.25, 0.3) is 0 Å². The van der Waals surface area contributed by atoms with Crippen molar-refractivity contribution >= 4 is 39.5 Å². The molecular formula is C6H6I2ORu. The van der Waals surface area contributed by atoms with E-state index in [0.717, 1.165) is 0 Å². The van der Waals surface area contributed by atoms with Gasteiger partial charge in [0.05, 0.1) is 0 Å². The molecule has 4 heteroatoms. The number of hydrogen-bond donors (Lipinski definition) is 1. The third kappa shape index (κ3) is 7.21. The molecule has 0 aliphatic carbocycles. The first-order valence-corrected chi connectivity index (χ1v) is 12.7. The van der Waals surface area contributed by atoms with Crippen molar-refractivity contribution in [3.8, 4) is 5.75 Å². The Morgan fingerprint density at radius 1 is 1.10 bits per heavy atom. The van der Waals surface area contributed by atoms with Crippen molar-refractivity contribution in [2.45, 2.75) is 0 Å². The van der Waals surface area contributed by atoms with E-state index >= 15 is 0 Å². The molecule has 0 unspecified atom stereocenters. The number of benzene rings is 1. The minimum absolute atomic E-state index is 0.322. The number of halogens is 2. The van der Waals surface area contributed by atoms with Gasteiger partial charge in [0.1, 0.15) is 5.75 Å². The van der Waals surface area contributed by atoms with Crippen molar-refractivity contribution in [1.29, 1.82) is 0 Å². The second kappa shape index (κ2) is 8.20. The molecule has 1 N–H and O–H groups in total. The average molecular weight is 449 g/mol. The van der Waals surface area contributed by atoms with Crippen LogP contribution in [0.3, 0.4) is 0 Å². The molecule has 0 atom stereocenters. The van der Waals surface area contributed by atoms with Crippen LogP contribution in [0.1, 0.15) is 0 Å². The molecule has 0 aromatic heterocycles. The van der Waals surface area contributed by atoms with Gasteiger partial charge in [0, 0.05) is 0 Å². The van der Waals surface area contributed by atoms with E-state index < -0.39 is 0 Å². The second-order valence-electron chi connectivity index (χ2n) is 1.39. The van der Waals surface area contributed by atoms with Gasteiger partial charge in [-0.15, -0.1) is 0 Å². The van der Waals surface area contributed by atoms with E-state index in [9.17, 15) is 0 Å². The van der Waals surface area contributed by atoms with Crippen LogP contribution in [0, 0.1) is 0 Å². The van der Waals surface area contributed by atoms with Crippen LogP contribution >= 0.6 is 39.5 Å². The van der Waals surface area contributed by atoms with Crippen LogP contribution in [0.2, 0.25) is 0 Å². The molecule has 1 rings (SSSR count). The van der Waals surface area contributed by atoms with Crippen molar-refractivity contribution in [2.24, 2.45) is 0 Å². The zero-order valence-electron chi connectivity index (χ0n) is 4.94. The third-order valence-electron chi connectivity index (χ3n) is 0.756. The second-order valence-corrected chi connectivity index (χ2v) is 14.8. The Bertz CT molecular complexity index is 157. The molecule has 58 valence electrons. The fourth-order valence-electron chi connectivity index (χ4n) is 0.428. The summed E-state index contributed by atoms with van der Waals surface area (Å²) in [6.07, 6.45) is 0. The summed E-state index contributed by atoms with van der Waals surface area (Å²) in [7, 11) is 0.650. The molecule has 0 spiro atoms. The van der Waals surface area contributed by atoms with Crippen LogP contribution in [0.5, 0.6) is 5.75 Å². The molecule has 0 radical (unpaired) electrons. The van der Waals surface area contributed by atoms with Crippen molar-refractivity contribution in [3.05, 3.63) is 30.3 Å². The molecule has 0 fully saturated rings. The maximum atomic E-state index is 8.63. The molecular weight excluding hydrogens is 443 g/mol. The molecule has 10 heavy (non-hydrogen) atoms. The summed E-state index contributed by atoms with van der Waals surface area (Å²) in [5.74, 6) is 0.322. The van der Waals surface area contributed by atoms with E-state index in [1.807, 2.05) is 6.07 Å². The molecule has 0 saturated carbocycles. The SMILES string of the molecule is Oc1ccccc1.[I][Ru][I]. The van der Waals surface area contributed by atoms with E-state index in [1.54, 1.807) is 24.3 Å². The first-order valence-electron chi connectivity index (χ1n) is 2.40. The summed E-state index contributed by atoms with van der Waals surface area (Å²) < 4.78 is 0. The predicted molar refractivity (Wildman–Crippen MR) is 56.1 cm³/mol. The standard InChI is InChI=1S/C6H6O.2HI.Ru/c7-6-4-2-1-3-5-6;;;/h1-5,7H;2*1H;/q;;;+2/p-2. The van der Waals surface area contributed by atoms with Gasteiger partial charge in [-0.1, -0.05) is 18.2 Å². The van der Waals surface area contributed by atoms with E-state index in [4.69, 9.17) is 5.11 Å². The van der Waals surface area contributed by atoms with Crippen LogP contribution < -0.4 is 0 Å². The third-order valence-corrected chi connectivity index (χ3v) is 0.756. The summed E-state index contributed by atoms with van der Waals surface area (Å²) in [6.45, 7) is 0. The fourth-order valence-corrected chi connectivity index (χ4v) is 0.428. The number of hydrogen-bond acceptors (Lipinski definition) is 1. The molecule has 0 bridgehead atoms. The number of aromatic hydroxyl groups is 1. The topological polar surface area (TPSA) is 20.2 Å². The van der Waals surface area contributed by atoms with Gasteiger partial charge in [0.15, 0.2) is 0 Å². The summed E-state index contributed by atoms with van der Waals surface area (Å²) in [6, 6.07) is 8.71. The summed E-state index contributed by atoms with van der Waals surface area (Å²) in [4.78, 5) is 0. The Morgan fingerprint density at radius 2 is 1.50 bits per heavy atom. The summed E-state index contributed by atoms with van der Waals surface area (Å²) in [5, 5.41) is 8.63. The van der Waals surface area contributed by atoms with Crippen molar-refractivity contribution in [3.63, 3.8) is 0 Å². The quantitative estimate of drug-likeness (QED) is 0.477. The Balaban J connectivity index is 0.000000236. The van der Waals surface area contributed by atoms with Gasteiger partial charge in [0.2, 0.25) is 0 Å². The molecule has 0 saturated heterocycles. The molecule has 0 aliphatic rings. The van der Waals surface area contributed by atoms with Crippen molar-refractivity contribution in [2.75, 3.05) is 0 Å². The molecule has 1 aromatic rings. The van der Waals surface area contributed by atoms with E-state index in [0.29, 0.717) is 15.8 Å². The number of phenolic OH excluding ortho intramolecular Hbond substituents is 1. The Kier molecular flexibility index (Phi) is 9.11. The van der Waals surface area contributed by atoms with E-state index in [-0.39, 0.29) is 0 Å². The van der Waals surface area contributed by atoms with Gasteiger partial charge in [0.25, 0.3) is 0 Å². The summed E-state index contributed by atoms with van der Waals surface area (Å²) >= 11 is 4.73. The Morgan fingerprint density at radius 3 is 1.70 bits per heavy atom. The van der Waals surface area contributed by atoms with Gasteiger partial charge in [-0.25, -0.2) is 0 Å². The van der Waals surface area contributed by atoms with Gasteiger partial charge in [-0.2, -0.15) is 0 Å². The number of para-hydroxylation sites is 1. The molecule has 0 amide bonds. The van der Waals surface area contributed by atoms with Crippen LogP contribution in [-0.4, -0.2) is 5.11 Å². The molecule has 1 nitrogen and oxygen atoms in total.